The van der Waals surface area contributed by atoms with Crippen molar-refractivity contribution in [3.8, 4) is 5.69 Å². The van der Waals surface area contributed by atoms with Gasteiger partial charge < -0.3 is 10.6 Å². The number of carbonyl (C=O) groups is 1. The van der Waals surface area contributed by atoms with Crippen molar-refractivity contribution >= 4 is 11.6 Å². The van der Waals surface area contributed by atoms with Crippen LogP contribution in [0.15, 0.2) is 47.4 Å². The van der Waals surface area contributed by atoms with E-state index in [9.17, 15) is 9.59 Å². The van der Waals surface area contributed by atoms with E-state index in [-0.39, 0.29) is 17.4 Å². The second-order valence-corrected chi connectivity index (χ2v) is 5.11. The molecule has 1 fully saturated rings. The van der Waals surface area contributed by atoms with Gasteiger partial charge in [-0.2, -0.15) is 9.78 Å². The van der Waals surface area contributed by atoms with Gasteiger partial charge in [-0.15, -0.1) is 0 Å². The number of benzene rings is 1. The van der Waals surface area contributed by atoms with Gasteiger partial charge in [0, 0.05) is 19.0 Å². The Morgan fingerprint density at radius 2 is 1.95 bits per heavy atom. The first-order valence-electron chi connectivity index (χ1n) is 6.84. The SMILES string of the molecule is NCC1CC(=O)N(c2cnn(-c3ccccc3)c(=O)c2)C1. The molecule has 2 N–H and O–H groups in total. The van der Waals surface area contributed by atoms with Crippen LogP contribution >= 0.6 is 0 Å². The van der Waals surface area contributed by atoms with Gasteiger partial charge in [0.15, 0.2) is 0 Å². The molecule has 0 bridgehead atoms. The minimum Gasteiger partial charge on any atom is -0.330 e. The fourth-order valence-corrected chi connectivity index (χ4v) is 2.50. The van der Waals surface area contributed by atoms with Gasteiger partial charge >= 0.3 is 0 Å². The van der Waals surface area contributed by atoms with Crippen molar-refractivity contribution in [2.75, 3.05) is 18.0 Å². The van der Waals surface area contributed by atoms with Crippen LogP contribution in [0, 0.1) is 5.92 Å². The van der Waals surface area contributed by atoms with Crippen LogP contribution in [0.5, 0.6) is 0 Å². The summed E-state index contributed by atoms with van der Waals surface area (Å²) in [6.45, 7) is 1.02. The summed E-state index contributed by atoms with van der Waals surface area (Å²) in [6.07, 6.45) is 1.98. The average molecular weight is 284 g/mol. The third-order valence-electron chi connectivity index (χ3n) is 3.64. The van der Waals surface area contributed by atoms with Gasteiger partial charge in [-0.1, -0.05) is 18.2 Å². The summed E-state index contributed by atoms with van der Waals surface area (Å²) in [5.41, 5.74) is 6.58. The molecule has 6 nitrogen and oxygen atoms in total. The van der Waals surface area contributed by atoms with Gasteiger partial charge in [0.25, 0.3) is 5.56 Å². The summed E-state index contributed by atoms with van der Waals surface area (Å²) in [4.78, 5) is 25.7. The Morgan fingerprint density at radius 1 is 1.19 bits per heavy atom. The normalized spacial score (nSPS) is 18.2. The van der Waals surface area contributed by atoms with Gasteiger partial charge in [0.1, 0.15) is 0 Å². The molecule has 2 heterocycles. The Labute approximate surface area is 121 Å². The molecule has 1 saturated heterocycles. The van der Waals surface area contributed by atoms with E-state index in [1.165, 1.54) is 10.7 Å². The fraction of sp³-hybridized carbons (Fsp3) is 0.267. The number of aromatic nitrogens is 2. The highest BCUT2D eigenvalue weighted by Gasteiger charge is 2.30. The maximum absolute atomic E-state index is 12.2. The maximum Gasteiger partial charge on any atom is 0.273 e. The first kappa shape index (κ1) is 13.5. The summed E-state index contributed by atoms with van der Waals surface area (Å²) in [6, 6.07) is 10.6. The minimum absolute atomic E-state index is 0.0101. The lowest BCUT2D eigenvalue weighted by Crippen LogP contribution is -2.29. The number of anilines is 1. The Kier molecular flexibility index (Phi) is 3.53. The molecule has 3 rings (SSSR count). The smallest absolute Gasteiger partial charge is 0.273 e. The molecule has 1 aliphatic heterocycles. The first-order valence-corrected chi connectivity index (χ1v) is 6.84. The zero-order chi connectivity index (χ0) is 14.8. The highest BCUT2D eigenvalue weighted by molar-refractivity contribution is 5.95. The third kappa shape index (κ3) is 2.57. The summed E-state index contributed by atoms with van der Waals surface area (Å²) in [5.74, 6) is 0.137. The Bertz CT molecular complexity index is 711. The van der Waals surface area contributed by atoms with Gasteiger partial charge in [-0.25, -0.2) is 0 Å². The number of rotatable bonds is 3. The quantitative estimate of drug-likeness (QED) is 0.892. The van der Waals surface area contributed by atoms with E-state index < -0.39 is 0 Å². The van der Waals surface area contributed by atoms with Crippen LogP contribution in [0.2, 0.25) is 0 Å². The van der Waals surface area contributed by atoms with Gasteiger partial charge in [-0.3, -0.25) is 9.59 Å². The van der Waals surface area contributed by atoms with E-state index in [1.54, 1.807) is 23.2 Å². The zero-order valence-corrected chi connectivity index (χ0v) is 11.5. The van der Waals surface area contributed by atoms with Crippen LogP contribution in [-0.2, 0) is 4.79 Å². The van der Waals surface area contributed by atoms with Crippen LogP contribution in [0.3, 0.4) is 0 Å². The highest BCUT2D eigenvalue weighted by atomic mass is 16.2. The van der Waals surface area contributed by atoms with Crippen molar-refractivity contribution in [3.63, 3.8) is 0 Å². The third-order valence-corrected chi connectivity index (χ3v) is 3.64. The summed E-state index contributed by atoms with van der Waals surface area (Å²) in [5, 5.41) is 4.16. The van der Waals surface area contributed by atoms with Crippen molar-refractivity contribution in [2.45, 2.75) is 6.42 Å². The van der Waals surface area contributed by atoms with Crippen molar-refractivity contribution in [2.24, 2.45) is 11.7 Å². The predicted molar refractivity (Wildman–Crippen MR) is 79.3 cm³/mol. The second kappa shape index (κ2) is 5.49. The number of carbonyl (C=O) groups excluding carboxylic acids is 1. The number of para-hydroxylation sites is 1. The molecular formula is C15H16N4O2. The summed E-state index contributed by atoms with van der Waals surface area (Å²) in [7, 11) is 0. The van der Waals surface area contributed by atoms with E-state index in [2.05, 4.69) is 5.10 Å². The van der Waals surface area contributed by atoms with Crippen LogP contribution in [0.4, 0.5) is 5.69 Å². The van der Waals surface area contributed by atoms with Crippen molar-refractivity contribution < 1.29 is 4.79 Å². The molecule has 108 valence electrons. The Balaban J connectivity index is 1.92. The molecule has 1 aromatic carbocycles. The van der Waals surface area contributed by atoms with Crippen molar-refractivity contribution in [1.82, 2.24) is 9.78 Å². The lowest BCUT2D eigenvalue weighted by Gasteiger charge is -2.16. The molecular weight excluding hydrogens is 268 g/mol. The minimum atomic E-state index is -0.261. The molecule has 0 aliphatic carbocycles. The van der Waals surface area contributed by atoms with Crippen molar-refractivity contribution in [1.29, 1.82) is 0 Å². The number of nitrogens with two attached hydrogens (primary N) is 1. The van der Waals surface area contributed by atoms with E-state index in [0.717, 1.165) is 0 Å². The maximum atomic E-state index is 12.2. The molecule has 1 aromatic heterocycles. The Hall–Kier alpha value is -2.47. The molecule has 0 spiro atoms. The number of nitrogens with zero attached hydrogens (tertiary/aromatic N) is 3. The van der Waals surface area contributed by atoms with Crippen LogP contribution in [0.25, 0.3) is 5.69 Å². The molecule has 6 heteroatoms. The molecule has 0 saturated carbocycles. The van der Waals surface area contributed by atoms with Crippen LogP contribution in [-0.4, -0.2) is 28.8 Å². The van der Waals surface area contributed by atoms with Crippen LogP contribution in [0.1, 0.15) is 6.42 Å². The largest absolute Gasteiger partial charge is 0.330 e. The molecule has 0 radical (unpaired) electrons. The van der Waals surface area contributed by atoms with Crippen LogP contribution < -0.4 is 16.2 Å². The molecule has 1 atom stereocenters. The van der Waals surface area contributed by atoms with Gasteiger partial charge in [-0.05, 0) is 24.6 Å². The van der Waals surface area contributed by atoms with Gasteiger partial charge in [0.2, 0.25) is 5.91 Å². The van der Waals surface area contributed by atoms with E-state index in [0.29, 0.717) is 30.9 Å². The summed E-state index contributed by atoms with van der Waals surface area (Å²) < 4.78 is 1.31. The number of amides is 1. The number of hydrogen-bond acceptors (Lipinski definition) is 4. The zero-order valence-electron chi connectivity index (χ0n) is 11.5. The van der Waals surface area contributed by atoms with E-state index >= 15 is 0 Å². The average Bonchev–Trinajstić information content (AvgIpc) is 2.89. The van der Waals surface area contributed by atoms with E-state index in [1.807, 2.05) is 18.2 Å². The standard InChI is InChI=1S/C15H16N4O2/c16-8-11-6-14(20)18(10-11)13-7-15(21)19(17-9-13)12-4-2-1-3-5-12/h1-5,7,9,11H,6,8,10,16H2. The lowest BCUT2D eigenvalue weighted by molar-refractivity contribution is -0.117. The van der Waals surface area contributed by atoms with E-state index in [4.69, 9.17) is 5.73 Å². The summed E-state index contributed by atoms with van der Waals surface area (Å²) >= 11 is 0. The predicted octanol–water partition coefficient (Wildman–Crippen LogP) is 0.544. The second-order valence-electron chi connectivity index (χ2n) is 5.11. The lowest BCUT2D eigenvalue weighted by atomic mass is 10.1. The fourth-order valence-electron chi connectivity index (χ4n) is 2.50. The molecule has 21 heavy (non-hydrogen) atoms. The number of hydrogen-bond donors (Lipinski definition) is 1. The highest BCUT2D eigenvalue weighted by Crippen LogP contribution is 2.22. The molecule has 1 aliphatic rings. The molecule has 2 aromatic rings. The topological polar surface area (TPSA) is 81.2 Å². The first-order chi connectivity index (χ1) is 10.2. The molecule has 1 unspecified atom stereocenters. The van der Waals surface area contributed by atoms with Gasteiger partial charge in [0.05, 0.1) is 17.6 Å². The Morgan fingerprint density at radius 3 is 2.57 bits per heavy atom. The monoisotopic (exact) mass is 284 g/mol. The van der Waals surface area contributed by atoms with Crippen molar-refractivity contribution in [3.05, 3.63) is 52.9 Å². The molecule has 1 amide bonds.